The molecule has 0 aliphatic rings. The van der Waals surface area contributed by atoms with Crippen LogP contribution in [0, 0.1) is 6.92 Å². The molecular weight excluding hydrogens is 276 g/mol. The second-order valence-corrected chi connectivity index (χ2v) is 6.00. The topological polar surface area (TPSA) is 81.4 Å². The molecule has 5 nitrogen and oxygen atoms in total. The van der Waals surface area contributed by atoms with Crippen LogP contribution in [0.15, 0.2) is 47.4 Å². The molecule has 2 rings (SSSR count). The van der Waals surface area contributed by atoms with E-state index in [1.165, 1.54) is 13.2 Å². The molecular formula is C14H16N2O3S. The van der Waals surface area contributed by atoms with Gasteiger partial charge in [0.05, 0.1) is 18.5 Å². The summed E-state index contributed by atoms with van der Waals surface area (Å²) in [5, 5.41) is 0. The molecule has 0 amide bonds. The highest BCUT2D eigenvalue weighted by Crippen LogP contribution is 2.29. The summed E-state index contributed by atoms with van der Waals surface area (Å²) in [4.78, 5) is 0.0450. The van der Waals surface area contributed by atoms with Crippen molar-refractivity contribution >= 4 is 21.4 Å². The third-order valence-corrected chi connectivity index (χ3v) is 4.25. The van der Waals surface area contributed by atoms with E-state index >= 15 is 0 Å². The number of benzene rings is 2. The van der Waals surface area contributed by atoms with E-state index in [9.17, 15) is 8.42 Å². The fourth-order valence-electron chi connectivity index (χ4n) is 1.83. The molecule has 0 bridgehead atoms. The molecule has 0 aromatic heterocycles. The van der Waals surface area contributed by atoms with Gasteiger partial charge in [-0.3, -0.25) is 4.72 Å². The van der Waals surface area contributed by atoms with E-state index in [1.54, 1.807) is 30.3 Å². The molecule has 0 saturated heterocycles. The number of ether oxygens (including phenoxy) is 1. The van der Waals surface area contributed by atoms with E-state index in [0.717, 1.165) is 5.56 Å². The number of para-hydroxylation sites is 1. The highest BCUT2D eigenvalue weighted by molar-refractivity contribution is 7.92. The van der Waals surface area contributed by atoms with Gasteiger partial charge in [-0.1, -0.05) is 18.2 Å². The van der Waals surface area contributed by atoms with Crippen LogP contribution in [0.25, 0.3) is 0 Å². The summed E-state index contributed by atoms with van der Waals surface area (Å²) >= 11 is 0. The van der Waals surface area contributed by atoms with E-state index in [1.807, 2.05) is 13.0 Å². The predicted octanol–water partition coefficient (Wildman–Crippen LogP) is 2.39. The van der Waals surface area contributed by atoms with Crippen LogP contribution >= 0.6 is 0 Å². The average molecular weight is 292 g/mol. The molecule has 106 valence electrons. The SMILES string of the molecule is COc1ccc(C)cc1NS(=O)(=O)c1ccccc1N. The first-order valence-electron chi connectivity index (χ1n) is 5.96. The highest BCUT2D eigenvalue weighted by atomic mass is 32.2. The fourth-order valence-corrected chi connectivity index (χ4v) is 3.02. The van der Waals surface area contributed by atoms with Gasteiger partial charge in [-0.15, -0.1) is 0 Å². The standard InChI is InChI=1S/C14H16N2O3S/c1-10-7-8-13(19-2)12(9-10)16-20(17,18)14-6-4-3-5-11(14)15/h3-9,16H,15H2,1-2H3. The summed E-state index contributed by atoms with van der Waals surface area (Å²) < 4.78 is 32.4. The maximum absolute atomic E-state index is 12.4. The Bertz CT molecular complexity index is 727. The zero-order chi connectivity index (χ0) is 14.8. The van der Waals surface area contributed by atoms with Crippen molar-refractivity contribution in [3.8, 4) is 5.75 Å². The van der Waals surface area contributed by atoms with Crippen LogP contribution in [-0.2, 0) is 10.0 Å². The Balaban J connectivity index is 2.44. The second kappa shape index (κ2) is 5.42. The Kier molecular flexibility index (Phi) is 3.85. The van der Waals surface area contributed by atoms with Crippen LogP contribution < -0.4 is 15.2 Å². The van der Waals surface area contributed by atoms with Crippen LogP contribution in [0.2, 0.25) is 0 Å². The van der Waals surface area contributed by atoms with Gasteiger partial charge in [0.2, 0.25) is 0 Å². The summed E-state index contributed by atoms with van der Waals surface area (Å²) in [6.07, 6.45) is 0. The van der Waals surface area contributed by atoms with Crippen molar-refractivity contribution < 1.29 is 13.2 Å². The Morgan fingerprint density at radius 3 is 2.50 bits per heavy atom. The largest absolute Gasteiger partial charge is 0.495 e. The molecule has 3 N–H and O–H groups in total. The normalized spacial score (nSPS) is 11.1. The monoisotopic (exact) mass is 292 g/mol. The molecule has 0 heterocycles. The predicted molar refractivity (Wildman–Crippen MR) is 79.4 cm³/mol. The number of anilines is 2. The number of aryl methyl sites for hydroxylation is 1. The quantitative estimate of drug-likeness (QED) is 0.848. The van der Waals surface area contributed by atoms with Gasteiger partial charge in [0, 0.05) is 0 Å². The number of nitrogens with two attached hydrogens (primary N) is 1. The van der Waals surface area contributed by atoms with Crippen molar-refractivity contribution in [3.05, 3.63) is 48.0 Å². The van der Waals surface area contributed by atoms with E-state index < -0.39 is 10.0 Å². The molecule has 2 aromatic rings. The van der Waals surface area contributed by atoms with Gasteiger partial charge in [-0.05, 0) is 36.8 Å². The smallest absolute Gasteiger partial charge is 0.264 e. The summed E-state index contributed by atoms with van der Waals surface area (Å²) in [5.41, 5.74) is 7.22. The zero-order valence-electron chi connectivity index (χ0n) is 11.3. The van der Waals surface area contributed by atoms with Crippen molar-refractivity contribution in [2.45, 2.75) is 11.8 Å². The number of sulfonamides is 1. The third-order valence-electron chi connectivity index (χ3n) is 2.81. The van der Waals surface area contributed by atoms with Crippen LogP contribution in [0.4, 0.5) is 11.4 Å². The number of nitrogen functional groups attached to an aromatic ring is 1. The summed E-state index contributed by atoms with van der Waals surface area (Å²) in [7, 11) is -2.26. The zero-order valence-corrected chi connectivity index (χ0v) is 12.1. The first-order chi connectivity index (χ1) is 9.44. The maximum Gasteiger partial charge on any atom is 0.264 e. The molecule has 0 aliphatic carbocycles. The minimum Gasteiger partial charge on any atom is -0.495 e. The van der Waals surface area contributed by atoms with Crippen molar-refractivity contribution in [2.24, 2.45) is 0 Å². The maximum atomic E-state index is 12.4. The molecule has 6 heteroatoms. The van der Waals surface area contributed by atoms with Crippen molar-refractivity contribution in [1.29, 1.82) is 0 Å². The molecule has 0 atom stereocenters. The number of nitrogens with one attached hydrogen (secondary N) is 1. The Morgan fingerprint density at radius 2 is 1.85 bits per heavy atom. The van der Waals surface area contributed by atoms with Crippen LogP contribution in [0.1, 0.15) is 5.56 Å². The van der Waals surface area contributed by atoms with Crippen molar-refractivity contribution in [1.82, 2.24) is 0 Å². The molecule has 0 fully saturated rings. The van der Waals surface area contributed by atoms with Crippen LogP contribution in [0.5, 0.6) is 5.75 Å². The molecule has 20 heavy (non-hydrogen) atoms. The first kappa shape index (κ1) is 14.2. The lowest BCUT2D eigenvalue weighted by Crippen LogP contribution is -2.15. The Labute approximate surface area is 118 Å². The first-order valence-corrected chi connectivity index (χ1v) is 7.44. The number of methoxy groups -OCH3 is 1. The summed E-state index contributed by atoms with van der Waals surface area (Å²) in [5.74, 6) is 0.452. The molecule has 0 radical (unpaired) electrons. The lowest BCUT2D eigenvalue weighted by molar-refractivity contribution is 0.417. The molecule has 0 aliphatic heterocycles. The average Bonchev–Trinajstić information content (AvgIpc) is 2.39. The number of hydrogen-bond acceptors (Lipinski definition) is 4. The van der Waals surface area contributed by atoms with E-state index in [4.69, 9.17) is 10.5 Å². The van der Waals surface area contributed by atoms with Gasteiger partial charge >= 0.3 is 0 Å². The molecule has 0 spiro atoms. The minimum atomic E-state index is -3.75. The fraction of sp³-hybridized carbons (Fsp3) is 0.143. The second-order valence-electron chi connectivity index (χ2n) is 4.35. The van der Waals surface area contributed by atoms with E-state index in [2.05, 4.69) is 4.72 Å². The van der Waals surface area contributed by atoms with Gasteiger partial charge in [-0.25, -0.2) is 8.42 Å². The Morgan fingerprint density at radius 1 is 1.15 bits per heavy atom. The van der Waals surface area contributed by atoms with E-state index in [-0.39, 0.29) is 10.6 Å². The van der Waals surface area contributed by atoms with Gasteiger partial charge in [0.1, 0.15) is 10.6 Å². The molecule has 0 unspecified atom stereocenters. The lowest BCUT2D eigenvalue weighted by Gasteiger charge is -2.13. The van der Waals surface area contributed by atoms with Crippen molar-refractivity contribution in [3.63, 3.8) is 0 Å². The van der Waals surface area contributed by atoms with E-state index in [0.29, 0.717) is 11.4 Å². The van der Waals surface area contributed by atoms with Gasteiger partial charge in [0.15, 0.2) is 0 Å². The Hall–Kier alpha value is -2.21. The molecule has 0 saturated carbocycles. The minimum absolute atomic E-state index is 0.0450. The van der Waals surface area contributed by atoms with Crippen LogP contribution in [-0.4, -0.2) is 15.5 Å². The highest BCUT2D eigenvalue weighted by Gasteiger charge is 2.18. The van der Waals surface area contributed by atoms with Crippen molar-refractivity contribution in [2.75, 3.05) is 17.6 Å². The number of rotatable bonds is 4. The lowest BCUT2D eigenvalue weighted by atomic mass is 10.2. The molecule has 2 aromatic carbocycles. The summed E-state index contributed by atoms with van der Waals surface area (Å²) in [6.45, 7) is 1.87. The van der Waals surface area contributed by atoms with Gasteiger partial charge in [0.25, 0.3) is 10.0 Å². The van der Waals surface area contributed by atoms with Gasteiger partial charge in [-0.2, -0.15) is 0 Å². The van der Waals surface area contributed by atoms with Gasteiger partial charge < -0.3 is 10.5 Å². The summed E-state index contributed by atoms with van der Waals surface area (Å²) in [6, 6.07) is 11.6. The third kappa shape index (κ3) is 2.85. The number of hydrogen-bond donors (Lipinski definition) is 2. The van der Waals surface area contributed by atoms with Crippen LogP contribution in [0.3, 0.4) is 0 Å².